The predicted octanol–water partition coefficient (Wildman–Crippen LogP) is 1.30. The molecule has 2 amide bonds. The summed E-state index contributed by atoms with van der Waals surface area (Å²) in [5.41, 5.74) is 6.45. The van der Waals surface area contributed by atoms with Crippen LogP contribution in [0.4, 0.5) is 0 Å². The zero-order valence-electron chi connectivity index (χ0n) is 14.2. The van der Waals surface area contributed by atoms with Gasteiger partial charge in [0.2, 0.25) is 11.8 Å². The molecule has 2 saturated heterocycles. The van der Waals surface area contributed by atoms with Crippen molar-refractivity contribution in [3.8, 4) is 0 Å². The van der Waals surface area contributed by atoms with Crippen molar-refractivity contribution < 1.29 is 9.59 Å². The molecule has 2 fully saturated rings. The third kappa shape index (κ3) is 3.27. The fourth-order valence-corrected chi connectivity index (χ4v) is 3.85. The molecule has 1 spiro atoms. The Morgan fingerprint density at radius 1 is 1.35 bits per heavy atom. The van der Waals surface area contributed by atoms with Crippen LogP contribution in [0.1, 0.15) is 43.1 Å². The van der Waals surface area contributed by atoms with Crippen molar-refractivity contribution in [1.29, 1.82) is 0 Å². The first-order chi connectivity index (χ1) is 10.9. The average Bonchev–Trinajstić information content (AvgIpc) is 2.97. The number of aromatic nitrogens is 1. The van der Waals surface area contributed by atoms with Crippen molar-refractivity contribution >= 4 is 11.8 Å². The minimum absolute atomic E-state index is 0.0586. The van der Waals surface area contributed by atoms with Crippen molar-refractivity contribution in [2.24, 2.45) is 5.41 Å². The van der Waals surface area contributed by atoms with Gasteiger partial charge in [0.1, 0.15) is 0 Å². The lowest BCUT2D eigenvalue weighted by Gasteiger charge is -2.38. The summed E-state index contributed by atoms with van der Waals surface area (Å²) in [6.45, 7) is 9.38. The van der Waals surface area contributed by atoms with Crippen molar-refractivity contribution in [1.82, 2.24) is 14.9 Å². The molecule has 2 N–H and O–H groups in total. The average molecular weight is 318 g/mol. The molecule has 2 aliphatic heterocycles. The van der Waals surface area contributed by atoms with Crippen LogP contribution in [-0.2, 0) is 16.1 Å². The van der Waals surface area contributed by atoms with Gasteiger partial charge in [-0.1, -0.05) is 0 Å². The normalized spacial score (nSPS) is 20.7. The number of rotatable bonds is 3. The number of carbonyl (C=O) groups excluding carboxylic acids is 2. The Balaban J connectivity index is 1.63. The van der Waals surface area contributed by atoms with E-state index in [1.165, 1.54) is 12.5 Å². The molecule has 3 heterocycles. The maximum atomic E-state index is 11.5. The molecule has 0 radical (unpaired) electrons. The fraction of sp³-hybridized carbons (Fsp3) is 0.647. The molecule has 6 heteroatoms. The van der Waals surface area contributed by atoms with E-state index < -0.39 is 0 Å². The summed E-state index contributed by atoms with van der Waals surface area (Å²) in [5, 5.41) is 2.98. The Morgan fingerprint density at radius 3 is 2.61 bits per heavy atom. The zero-order valence-corrected chi connectivity index (χ0v) is 14.2. The molecule has 126 valence electrons. The Morgan fingerprint density at radius 2 is 2.04 bits per heavy atom. The molecule has 0 bridgehead atoms. The van der Waals surface area contributed by atoms with Crippen LogP contribution in [0, 0.1) is 19.3 Å². The number of nitrogens with one attached hydrogen (secondary N) is 2. The number of likely N-dealkylation sites (tertiary alicyclic amines) is 1. The van der Waals surface area contributed by atoms with Crippen LogP contribution in [0.3, 0.4) is 0 Å². The lowest BCUT2D eigenvalue weighted by molar-refractivity contribution is -0.120. The van der Waals surface area contributed by atoms with Crippen molar-refractivity contribution in [3.63, 3.8) is 0 Å². The highest BCUT2D eigenvalue weighted by Crippen LogP contribution is 2.37. The van der Waals surface area contributed by atoms with Gasteiger partial charge in [-0.2, -0.15) is 0 Å². The van der Waals surface area contributed by atoms with E-state index in [1.54, 1.807) is 0 Å². The first kappa shape index (κ1) is 16.1. The molecule has 0 aliphatic carbocycles. The van der Waals surface area contributed by atoms with Crippen LogP contribution in [0.15, 0.2) is 6.07 Å². The Kier molecular flexibility index (Phi) is 4.19. The van der Waals surface area contributed by atoms with E-state index in [4.69, 9.17) is 0 Å². The van der Waals surface area contributed by atoms with Gasteiger partial charge in [0, 0.05) is 37.8 Å². The quantitative estimate of drug-likeness (QED) is 0.883. The molecule has 0 saturated carbocycles. The zero-order chi connectivity index (χ0) is 16.6. The molecule has 3 rings (SSSR count). The SMILES string of the molecule is CC(=O)Nn1c(C)cc(CN2CCC3(CC2)CNC(=O)C3)c1C. The van der Waals surface area contributed by atoms with Gasteiger partial charge in [-0.15, -0.1) is 0 Å². The Hall–Kier alpha value is -1.82. The molecular weight excluding hydrogens is 292 g/mol. The van der Waals surface area contributed by atoms with Gasteiger partial charge in [0.25, 0.3) is 0 Å². The minimum atomic E-state index is -0.0586. The molecule has 0 aromatic carbocycles. The van der Waals surface area contributed by atoms with E-state index in [-0.39, 0.29) is 17.2 Å². The van der Waals surface area contributed by atoms with E-state index in [0.29, 0.717) is 6.42 Å². The van der Waals surface area contributed by atoms with Gasteiger partial charge in [0.15, 0.2) is 0 Å². The summed E-state index contributed by atoms with van der Waals surface area (Å²) < 4.78 is 1.86. The number of hydrogen-bond donors (Lipinski definition) is 2. The number of carbonyl (C=O) groups is 2. The predicted molar refractivity (Wildman–Crippen MR) is 88.5 cm³/mol. The van der Waals surface area contributed by atoms with Gasteiger partial charge in [-0.25, -0.2) is 0 Å². The first-order valence-electron chi connectivity index (χ1n) is 8.33. The summed E-state index contributed by atoms with van der Waals surface area (Å²) in [4.78, 5) is 25.3. The third-order valence-corrected chi connectivity index (χ3v) is 5.31. The maximum absolute atomic E-state index is 11.5. The second-order valence-corrected chi connectivity index (χ2v) is 7.13. The van der Waals surface area contributed by atoms with E-state index in [2.05, 4.69) is 21.7 Å². The summed E-state index contributed by atoms with van der Waals surface area (Å²) in [6, 6.07) is 2.15. The lowest BCUT2D eigenvalue weighted by Crippen LogP contribution is -2.40. The molecule has 2 aliphatic rings. The number of aryl methyl sites for hydroxylation is 1. The number of nitrogens with zero attached hydrogens (tertiary/aromatic N) is 2. The highest BCUT2D eigenvalue weighted by atomic mass is 16.2. The lowest BCUT2D eigenvalue weighted by atomic mass is 9.77. The molecule has 0 atom stereocenters. The standard InChI is InChI=1S/C17H26N4O2/c1-12-8-15(13(2)21(12)19-14(3)22)10-20-6-4-17(5-7-20)9-16(23)18-11-17/h8H,4-7,9-11H2,1-3H3,(H,18,23)(H,19,22). The van der Waals surface area contributed by atoms with E-state index in [0.717, 1.165) is 50.4 Å². The van der Waals surface area contributed by atoms with Crippen LogP contribution in [0.2, 0.25) is 0 Å². The van der Waals surface area contributed by atoms with Crippen LogP contribution in [0.25, 0.3) is 0 Å². The summed E-state index contributed by atoms with van der Waals surface area (Å²) in [7, 11) is 0. The number of piperidine rings is 1. The van der Waals surface area contributed by atoms with Crippen molar-refractivity contribution in [3.05, 3.63) is 23.0 Å². The third-order valence-electron chi connectivity index (χ3n) is 5.31. The molecule has 1 aromatic rings. The summed E-state index contributed by atoms with van der Waals surface area (Å²) in [5.74, 6) is 0.147. The number of amides is 2. The van der Waals surface area contributed by atoms with Crippen molar-refractivity contribution in [2.45, 2.75) is 46.6 Å². The minimum Gasteiger partial charge on any atom is -0.356 e. The van der Waals surface area contributed by atoms with Crippen molar-refractivity contribution in [2.75, 3.05) is 25.1 Å². The second kappa shape index (κ2) is 6.00. The molecular formula is C17H26N4O2. The van der Waals surface area contributed by atoms with Crippen LogP contribution in [-0.4, -0.2) is 41.0 Å². The van der Waals surface area contributed by atoms with Gasteiger partial charge >= 0.3 is 0 Å². The van der Waals surface area contributed by atoms with Gasteiger partial charge < -0.3 is 5.32 Å². The summed E-state index contributed by atoms with van der Waals surface area (Å²) in [6.07, 6.45) is 2.85. The highest BCUT2D eigenvalue weighted by Gasteiger charge is 2.40. The Labute approximate surface area is 137 Å². The van der Waals surface area contributed by atoms with Crippen LogP contribution >= 0.6 is 0 Å². The van der Waals surface area contributed by atoms with Gasteiger partial charge in [0.05, 0.1) is 0 Å². The molecule has 1 aromatic heterocycles. The monoisotopic (exact) mass is 318 g/mol. The topological polar surface area (TPSA) is 66.4 Å². The van der Waals surface area contributed by atoms with Gasteiger partial charge in [-0.05, 0) is 56.8 Å². The van der Waals surface area contributed by atoms with Gasteiger partial charge in [-0.3, -0.25) is 24.6 Å². The maximum Gasteiger partial charge on any atom is 0.235 e. The smallest absolute Gasteiger partial charge is 0.235 e. The van der Waals surface area contributed by atoms with E-state index in [1.807, 2.05) is 18.5 Å². The second-order valence-electron chi connectivity index (χ2n) is 7.13. The van der Waals surface area contributed by atoms with E-state index in [9.17, 15) is 9.59 Å². The molecule has 6 nitrogen and oxygen atoms in total. The number of hydrogen-bond acceptors (Lipinski definition) is 3. The fourth-order valence-electron chi connectivity index (χ4n) is 3.85. The first-order valence-corrected chi connectivity index (χ1v) is 8.33. The van der Waals surface area contributed by atoms with E-state index >= 15 is 0 Å². The largest absolute Gasteiger partial charge is 0.356 e. The van der Waals surface area contributed by atoms with Crippen LogP contribution in [0.5, 0.6) is 0 Å². The molecule has 0 unspecified atom stereocenters. The highest BCUT2D eigenvalue weighted by molar-refractivity contribution is 5.81. The summed E-state index contributed by atoms with van der Waals surface area (Å²) >= 11 is 0. The van der Waals surface area contributed by atoms with Crippen LogP contribution < -0.4 is 10.7 Å². The Bertz CT molecular complexity index is 627. The molecule has 23 heavy (non-hydrogen) atoms.